The van der Waals surface area contributed by atoms with Crippen LogP contribution in [-0.2, 0) is 37.1 Å². The van der Waals surface area contributed by atoms with Gasteiger partial charge in [0.1, 0.15) is 0 Å². The number of hydrogen-bond acceptors (Lipinski definition) is 2. The molecule has 2 nitrogen and oxygen atoms in total. The summed E-state index contributed by atoms with van der Waals surface area (Å²) in [6.07, 6.45) is 0. The number of hydrogen-bond donors (Lipinski definition) is 2. The van der Waals surface area contributed by atoms with Crippen molar-refractivity contribution in [3.8, 4) is 0 Å². The van der Waals surface area contributed by atoms with Crippen LogP contribution in [0, 0.1) is 0 Å². The Labute approximate surface area is 81.3 Å². The summed E-state index contributed by atoms with van der Waals surface area (Å²) in [6.45, 7) is 4.00. The molecule has 0 aromatic heterocycles. The largest absolute Gasteiger partial charge is 0.344 e. The Morgan fingerprint density at radius 1 is 0.750 bits per heavy atom. The summed E-state index contributed by atoms with van der Waals surface area (Å²) in [5.74, 6) is 0. The van der Waals surface area contributed by atoms with Gasteiger partial charge in [0.15, 0.2) is 0 Å². The minimum Gasteiger partial charge on any atom is -0.344 e. The predicted octanol–water partition coefficient (Wildman–Crippen LogP) is 1.61. The summed E-state index contributed by atoms with van der Waals surface area (Å²) in [5, 5.41) is 0. The molecule has 0 amide bonds. The summed E-state index contributed by atoms with van der Waals surface area (Å²) in [4.78, 5) is 0. The first-order valence-corrected chi connectivity index (χ1v) is 1.00. The van der Waals surface area contributed by atoms with E-state index in [1.807, 2.05) is 13.8 Å². The molecule has 0 aromatic rings. The molecule has 6 heteroatoms. The Kier molecular flexibility index (Phi) is 3550. The maximum Gasteiger partial charge on any atom is 0 e. The minimum absolute atomic E-state index is 0. The van der Waals surface area contributed by atoms with Crippen molar-refractivity contribution in [1.29, 1.82) is 0 Å². The van der Waals surface area contributed by atoms with Crippen molar-refractivity contribution < 1.29 is 41.8 Å². The molecular formula is C2H15FN2SV2. The molecule has 2 radical (unpaired) electrons. The third kappa shape index (κ3) is 160. The van der Waals surface area contributed by atoms with Crippen molar-refractivity contribution in [3.63, 3.8) is 0 Å². The van der Waals surface area contributed by atoms with Gasteiger partial charge in [-0.1, -0.05) is 13.8 Å². The maximum atomic E-state index is 2.00. The summed E-state index contributed by atoms with van der Waals surface area (Å²) in [6, 6.07) is 0. The zero-order chi connectivity index (χ0) is 2.00. The topological polar surface area (TPSA) is 70.0 Å². The van der Waals surface area contributed by atoms with E-state index in [9.17, 15) is 0 Å². The van der Waals surface area contributed by atoms with Gasteiger partial charge in [0.05, 0.1) is 0 Å². The quantitative estimate of drug-likeness (QED) is 0.651. The Bertz CT molecular complexity index is 18.0. The molecule has 0 unspecified atom stereocenters. The summed E-state index contributed by atoms with van der Waals surface area (Å²) in [7, 11) is 0. The second kappa shape index (κ2) is 243. The normalized spacial score (nSPS) is 0.750. The van der Waals surface area contributed by atoms with Crippen molar-refractivity contribution in [3.05, 3.63) is 0 Å². The molecule has 0 heterocycles. The van der Waals surface area contributed by atoms with Crippen LogP contribution in [0.25, 0.3) is 0 Å². The van der Waals surface area contributed by atoms with Crippen LogP contribution in [0.4, 0.5) is 4.70 Å². The minimum atomic E-state index is 0. The number of halogens is 1. The fourth-order valence-corrected chi connectivity index (χ4v) is 0. The van der Waals surface area contributed by atoms with Crippen LogP contribution in [0.2, 0.25) is 0 Å². The van der Waals surface area contributed by atoms with E-state index in [1.54, 1.807) is 0 Å². The fraction of sp³-hybridized carbons (Fsp3) is 1.00. The van der Waals surface area contributed by atoms with Gasteiger partial charge in [-0.3, -0.25) is 4.70 Å². The van der Waals surface area contributed by atoms with Crippen LogP contribution in [0.3, 0.4) is 0 Å². The van der Waals surface area contributed by atoms with Gasteiger partial charge in [-0.25, -0.2) is 0 Å². The van der Waals surface area contributed by atoms with Gasteiger partial charge in [0, 0.05) is 37.1 Å². The average Bonchev–Trinajstić information content (AvgIpc) is 1.00. The summed E-state index contributed by atoms with van der Waals surface area (Å²) < 4.78 is 0. The van der Waals surface area contributed by atoms with Crippen LogP contribution in [0.15, 0.2) is 0 Å². The van der Waals surface area contributed by atoms with Gasteiger partial charge in [0.2, 0.25) is 0 Å². The number of rotatable bonds is 0. The van der Waals surface area contributed by atoms with Gasteiger partial charge < -0.3 is 12.3 Å². The first-order valence-electron chi connectivity index (χ1n) is 1.00. The van der Waals surface area contributed by atoms with Gasteiger partial charge in [0.25, 0.3) is 0 Å². The van der Waals surface area contributed by atoms with Gasteiger partial charge in [-0.15, -0.1) is 0 Å². The molecule has 0 aliphatic carbocycles. The maximum absolute atomic E-state index is 2.00. The standard InChI is InChI=1S/C2H6.FH.2H3N.H2S.2V/c1-2;;;;;;/h1-2H3;1H;2*1H3;1H2;;. The van der Waals surface area contributed by atoms with E-state index in [0.717, 1.165) is 0 Å². The molecule has 0 spiro atoms. The van der Waals surface area contributed by atoms with Gasteiger partial charge in [-0.2, -0.15) is 13.5 Å². The van der Waals surface area contributed by atoms with Gasteiger partial charge >= 0.3 is 0 Å². The molecule has 56 valence electrons. The van der Waals surface area contributed by atoms with E-state index in [0.29, 0.717) is 0 Å². The second-order valence-corrected chi connectivity index (χ2v) is 0. The van der Waals surface area contributed by atoms with Crippen molar-refractivity contribution in [1.82, 2.24) is 12.3 Å². The monoisotopic (exact) mass is 220 g/mol. The van der Waals surface area contributed by atoms with E-state index < -0.39 is 0 Å². The molecule has 8 heavy (non-hydrogen) atoms. The van der Waals surface area contributed by atoms with E-state index in [1.165, 1.54) is 0 Å². The SMILES string of the molecule is CC.F.N.N.S.[V].[V]. The molecule has 0 bridgehead atoms. The van der Waals surface area contributed by atoms with Crippen LogP contribution >= 0.6 is 13.5 Å². The zero-order valence-electron chi connectivity index (χ0n) is 5.22. The molecule has 0 fully saturated rings. The Morgan fingerprint density at radius 2 is 0.750 bits per heavy atom. The van der Waals surface area contributed by atoms with Crippen molar-refractivity contribution in [2.75, 3.05) is 0 Å². The van der Waals surface area contributed by atoms with Crippen LogP contribution in [0.5, 0.6) is 0 Å². The average molecular weight is 220 g/mol. The van der Waals surface area contributed by atoms with Crippen molar-refractivity contribution in [2.24, 2.45) is 0 Å². The summed E-state index contributed by atoms with van der Waals surface area (Å²) in [5.41, 5.74) is 0. The molecule has 0 aliphatic heterocycles. The first-order chi connectivity index (χ1) is 1.00. The Balaban J connectivity index is -0.000000000333. The molecule has 0 atom stereocenters. The van der Waals surface area contributed by atoms with Crippen LogP contribution in [-0.4, -0.2) is 0 Å². The van der Waals surface area contributed by atoms with E-state index >= 15 is 0 Å². The third-order valence-electron chi connectivity index (χ3n) is 0. The Hall–Kier alpha value is 1.37. The van der Waals surface area contributed by atoms with E-state index in [-0.39, 0.29) is 67.6 Å². The van der Waals surface area contributed by atoms with Crippen molar-refractivity contribution in [2.45, 2.75) is 13.8 Å². The molecule has 0 rings (SSSR count). The first kappa shape index (κ1) is 117. The molecule has 0 aliphatic rings. The molecule has 0 aromatic carbocycles. The van der Waals surface area contributed by atoms with Crippen LogP contribution in [0.1, 0.15) is 13.8 Å². The fourth-order valence-electron chi connectivity index (χ4n) is 0. The predicted molar refractivity (Wildman–Crippen MR) is 34.3 cm³/mol. The third-order valence-corrected chi connectivity index (χ3v) is 0. The molecule has 0 saturated carbocycles. The smallest absolute Gasteiger partial charge is 0 e. The molecule has 0 saturated heterocycles. The summed E-state index contributed by atoms with van der Waals surface area (Å²) >= 11 is 0. The Morgan fingerprint density at radius 3 is 0.750 bits per heavy atom. The molecule has 6 N–H and O–H groups in total. The van der Waals surface area contributed by atoms with Crippen LogP contribution < -0.4 is 12.3 Å². The second-order valence-electron chi connectivity index (χ2n) is 0. The van der Waals surface area contributed by atoms with E-state index in [2.05, 4.69) is 0 Å². The molecular weight excluding hydrogens is 205 g/mol. The van der Waals surface area contributed by atoms with Gasteiger partial charge in [-0.05, 0) is 0 Å². The van der Waals surface area contributed by atoms with Crippen molar-refractivity contribution >= 4 is 13.5 Å². The zero-order valence-corrected chi connectivity index (χ0v) is 9.01. The van der Waals surface area contributed by atoms with E-state index in [4.69, 9.17) is 0 Å².